The quantitative estimate of drug-likeness (QED) is 0.207. The van der Waals surface area contributed by atoms with Crippen molar-refractivity contribution in [2.75, 3.05) is 96.8 Å². The number of anilines is 2. The number of hydrogen-bond donors (Lipinski definition) is 0. The van der Waals surface area contributed by atoms with E-state index in [-0.39, 0.29) is 6.04 Å². The third kappa shape index (κ3) is 8.71. The lowest BCUT2D eigenvalue weighted by Gasteiger charge is -2.41. The van der Waals surface area contributed by atoms with Gasteiger partial charge in [-0.25, -0.2) is 0 Å². The molecule has 2 heterocycles. The summed E-state index contributed by atoms with van der Waals surface area (Å²) in [5, 5.41) is 0. The highest BCUT2D eigenvalue weighted by Gasteiger charge is 2.27. The van der Waals surface area contributed by atoms with E-state index in [9.17, 15) is 0 Å². The van der Waals surface area contributed by atoms with Gasteiger partial charge in [0.1, 0.15) is 36.2 Å². The molecule has 0 aromatic heterocycles. The standard InChI is InChI=1S/C35H47N3O6/c1-36-17-18-38(29-10-12-31(13-11-29)42-22-7-21-41-26-28-8-4-5-9-34(28)40-3)30(25-36)27-44-32-14-15-35-33(24-32)37(19-23-43-35)16-6-20-39-2/h4-5,8-15,24,30H,6-7,16-23,25-27H2,1-3H3. The van der Waals surface area contributed by atoms with Crippen LogP contribution in [0.4, 0.5) is 11.4 Å². The fourth-order valence-corrected chi connectivity index (χ4v) is 5.75. The average Bonchev–Trinajstić information content (AvgIpc) is 3.06. The number of hydrogen-bond acceptors (Lipinski definition) is 9. The second kappa shape index (κ2) is 16.4. The number of nitrogens with zero attached hydrogens (tertiary/aromatic N) is 3. The molecule has 238 valence electrons. The van der Waals surface area contributed by atoms with Gasteiger partial charge in [-0.05, 0) is 55.9 Å². The lowest BCUT2D eigenvalue weighted by atomic mass is 10.1. The van der Waals surface area contributed by atoms with Gasteiger partial charge in [0.2, 0.25) is 0 Å². The molecule has 0 bridgehead atoms. The Morgan fingerprint density at radius 2 is 1.68 bits per heavy atom. The highest BCUT2D eigenvalue weighted by atomic mass is 16.5. The third-order valence-electron chi connectivity index (χ3n) is 8.11. The van der Waals surface area contributed by atoms with Crippen molar-refractivity contribution in [1.82, 2.24) is 4.90 Å². The molecule has 1 saturated heterocycles. The summed E-state index contributed by atoms with van der Waals surface area (Å²) in [4.78, 5) is 7.19. The summed E-state index contributed by atoms with van der Waals surface area (Å²) < 4.78 is 34.8. The molecule has 9 heteroatoms. The second-order valence-corrected chi connectivity index (χ2v) is 11.3. The molecule has 3 aromatic rings. The Hall–Kier alpha value is -3.66. The van der Waals surface area contributed by atoms with E-state index in [2.05, 4.69) is 52.1 Å². The zero-order valence-corrected chi connectivity index (χ0v) is 26.4. The van der Waals surface area contributed by atoms with Gasteiger partial charge in [-0.2, -0.15) is 0 Å². The number of likely N-dealkylation sites (N-methyl/N-ethyl adjacent to an activating group) is 1. The number of fused-ring (bicyclic) bond motifs is 1. The van der Waals surface area contributed by atoms with Crippen LogP contribution in [-0.2, 0) is 16.1 Å². The molecule has 1 fully saturated rings. The van der Waals surface area contributed by atoms with Crippen LogP contribution in [0.3, 0.4) is 0 Å². The van der Waals surface area contributed by atoms with Crippen LogP contribution in [0.5, 0.6) is 23.0 Å². The Morgan fingerprint density at radius 1 is 0.841 bits per heavy atom. The first-order valence-corrected chi connectivity index (χ1v) is 15.7. The largest absolute Gasteiger partial charge is 0.496 e. The topological polar surface area (TPSA) is 65.1 Å². The normalized spacial score (nSPS) is 16.8. The monoisotopic (exact) mass is 605 g/mol. The van der Waals surface area contributed by atoms with Crippen LogP contribution in [0, 0.1) is 0 Å². The number of rotatable bonds is 16. The fraction of sp³-hybridized carbons (Fsp3) is 0.486. The Kier molecular flexibility index (Phi) is 11.9. The maximum Gasteiger partial charge on any atom is 0.142 e. The summed E-state index contributed by atoms with van der Waals surface area (Å²) in [5.41, 5.74) is 3.33. The highest BCUT2D eigenvalue weighted by molar-refractivity contribution is 5.63. The number of ether oxygens (including phenoxy) is 6. The molecule has 3 aromatic carbocycles. The van der Waals surface area contributed by atoms with Crippen LogP contribution in [0.15, 0.2) is 66.7 Å². The molecule has 9 nitrogen and oxygen atoms in total. The van der Waals surface area contributed by atoms with Crippen LogP contribution < -0.4 is 28.7 Å². The predicted octanol–water partition coefficient (Wildman–Crippen LogP) is 5.12. The summed E-state index contributed by atoms with van der Waals surface area (Å²) in [6.45, 7) is 8.51. The van der Waals surface area contributed by atoms with Gasteiger partial charge in [0.15, 0.2) is 0 Å². The van der Waals surface area contributed by atoms with E-state index in [0.29, 0.717) is 33.0 Å². The molecule has 1 unspecified atom stereocenters. The molecule has 0 amide bonds. The van der Waals surface area contributed by atoms with Crippen molar-refractivity contribution in [3.05, 3.63) is 72.3 Å². The Morgan fingerprint density at radius 3 is 2.52 bits per heavy atom. The second-order valence-electron chi connectivity index (χ2n) is 11.3. The third-order valence-corrected chi connectivity index (χ3v) is 8.11. The van der Waals surface area contributed by atoms with Gasteiger partial charge in [0, 0.05) is 63.6 Å². The zero-order chi connectivity index (χ0) is 30.6. The van der Waals surface area contributed by atoms with Crippen molar-refractivity contribution in [2.24, 2.45) is 0 Å². The fourth-order valence-electron chi connectivity index (χ4n) is 5.75. The van der Waals surface area contributed by atoms with Gasteiger partial charge in [0.25, 0.3) is 0 Å². The summed E-state index contributed by atoms with van der Waals surface area (Å²) in [5.74, 6) is 3.51. The van der Waals surface area contributed by atoms with Crippen LogP contribution in [-0.4, -0.2) is 98.0 Å². The van der Waals surface area contributed by atoms with E-state index >= 15 is 0 Å². The minimum atomic E-state index is 0.228. The molecule has 1 atom stereocenters. The van der Waals surface area contributed by atoms with Crippen molar-refractivity contribution in [2.45, 2.75) is 25.5 Å². The Labute approximate surface area is 262 Å². The van der Waals surface area contributed by atoms with Gasteiger partial charge in [0.05, 0.1) is 45.2 Å². The molecular weight excluding hydrogens is 558 g/mol. The van der Waals surface area contributed by atoms with Crippen LogP contribution in [0.25, 0.3) is 0 Å². The first-order chi connectivity index (χ1) is 21.6. The minimum absolute atomic E-state index is 0.228. The molecular formula is C35H47N3O6. The van der Waals surface area contributed by atoms with Gasteiger partial charge in [-0.1, -0.05) is 18.2 Å². The summed E-state index contributed by atoms with van der Waals surface area (Å²) in [7, 11) is 5.61. The molecule has 0 radical (unpaired) electrons. The van der Waals surface area contributed by atoms with Crippen LogP contribution in [0.2, 0.25) is 0 Å². The van der Waals surface area contributed by atoms with Crippen molar-refractivity contribution in [3.8, 4) is 23.0 Å². The van der Waals surface area contributed by atoms with E-state index in [1.807, 2.05) is 36.4 Å². The molecule has 0 saturated carbocycles. The van der Waals surface area contributed by atoms with Crippen LogP contribution in [0.1, 0.15) is 18.4 Å². The smallest absolute Gasteiger partial charge is 0.142 e. The summed E-state index contributed by atoms with van der Waals surface area (Å²) in [6, 6.07) is 22.8. The van der Waals surface area contributed by atoms with E-state index < -0.39 is 0 Å². The van der Waals surface area contributed by atoms with E-state index in [1.165, 1.54) is 5.69 Å². The van der Waals surface area contributed by atoms with Crippen molar-refractivity contribution >= 4 is 11.4 Å². The van der Waals surface area contributed by atoms with Gasteiger partial charge >= 0.3 is 0 Å². The Balaban J connectivity index is 1.10. The molecule has 2 aliphatic heterocycles. The first-order valence-electron chi connectivity index (χ1n) is 15.7. The summed E-state index contributed by atoms with van der Waals surface area (Å²) >= 11 is 0. The molecule has 0 N–H and O–H groups in total. The SMILES string of the molecule is COCCCN1CCOc2ccc(OCC3CN(C)CCN3c3ccc(OCCCOCc4ccccc4OC)cc3)cc21. The van der Waals surface area contributed by atoms with Crippen molar-refractivity contribution in [3.63, 3.8) is 0 Å². The lowest BCUT2D eigenvalue weighted by Crippen LogP contribution is -2.54. The van der Waals surface area contributed by atoms with E-state index in [1.54, 1.807) is 14.2 Å². The maximum atomic E-state index is 6.42. The van der Waals surface area contributed by atoms with Crippen molar-refractivity contribution in [1.29, 1.82) is 0 Å². The average molecular weight is 606 g/mol. The number of piperazine rings is 1. The first kappa shape index (κ1) is 31.8. The van der Waals surface area contributed by atoms with E-state index in [0.717, 1.165) is 86.4 Å². The van der Waals surface area contributed by atoms with Crippen molar-refractivity contribution < 1.29 is 28.4 Å². The number of benzene rings is 3. The highest BCUT2D eigenvalue weighted by Crippen LogP contribution is 2.35. The molecule has 5 rings (SSSR count). The minimum Gasteiger partial charge on any atom is -0.496 e. The van der Waals surface area contributed by atoms with Gasteiger partial charge in [-0.3, -0.25) is 0 Å². The van der Waals surface area contributed by atoms with Gasteiger partial charge in [-0.15, -0.1) is 0 Å². The van der Waals surface area contributed by atoms with Crippen LogP contribution >= 0.6 is 0 Å². The maximum absolute atomic E-state index is 6.42. The molecule has 0 aliphatic carbocycles. The Bertz CT molecular complexity index is 1290. The lowest BCUT2D eigenvalue weighted by molar-refractivity contribution is 0.105. The van der Waals surface area contributed by atoms with Gasteiger partial charge < -0.3 is 43.1 Å². The van der Waals surface area contributed by atoms with E-state index in [4.69, 9.17) is 28.4 Å². The number of para-hydroxylation sites is 1. The molecule has 2 aliphatic rings. The molecule has 44 heavy (non-hydrogen) atoms. The summed E-state index contributed by atoms with van der Waals surface area (Å²) in [6.07, 6.45) is 1.79. The molecule has 0 spiro atoms. The predicted molar refractivity (Wildman–Crippen MR) is 174 cm³/mol. The zero-order valence-electron chi connectivity index (χ0n) is 26.4. The number of methoxy groups -OCH3 is 2.